The molecule has 84 valence electrons. The Hall–Kier alpha value is -1.49. The molecule has 5 heteroatoms. The summed E-state index contributed by atoms with van der Waals surface area (Å²) in [6.45, 7) is 0. The number of aromatic nitrogens is 4. The quantitative estimate of drug-likeness (QED) is 0.776. The van der Waals surface area contributed by atoms with Gasteiger partial charge in [-0.1, -0.05) is 12.8 Å². The number of hydrogen-bond acceptors (Lipinski definition) is 4. The van der Waals surface area contributed by atoms with Crippen LogP contribution in [0.15, 0.2) is 18.6 Å². The van der Waals surface area contributed by atoms with E-state index in [2.05, 4.69) is 15.2 Å². The van der Waals surface area contributed by atoms with E-state index >= 15 is 0 Å². The molecule has 2 aromatic rings. The molecule has 0 aromatic carbocycles. The Morgan fingerprint density at radius 1 is 1.25 bits per heavy atom. The van der Waals surface area contributed by atoms with Gasteiger partial charge in [0.1, 0.15) is 12.2 Å². The van der Waals surface area contributed by atoms with E-state index < -0.39 is 0 Å². The first kappa shape index (κ1) is 9.72. The van der Waals surface area contributed by atoms with Crippen molar-refractivity contribution in [2.45, 2.75) is 37.6 Å². The van der Waals surface area contributed by atoms with Gasteiger partial charge in [0.15, 0.2) is 5.65 Å². The second-order valence-corrected chi connectivity index (χ2v) is 4.42. The van der Waals surface area contributed by atoms with Crippen molar-refractivity contribution in [3.05, 3.63) is 24.4 Å². The van der Waals surface area contributed by atoms with E-state index in [4.69, 9.17) is 5.73 Å². The summed E-state index contributed by atoms with van der Waals surface area (Å²) >= 11 is 0. The molecule has 0 aliphatic heterocycles. The normalized spacial score (nSPS) is 26.1. The lowest BCUT2D eigenvalue weighted by Crippen LogP contribution is -2.32. The van der Waals surface area contributed by atoms with E-state index in [1.54, 1.807) is 12.5 Å². The zero-order chi connectivity index (χ0) is 11.0. The van der Waals surface area contributed by atoms with E-state index in [-0.39, 0.29) is 6.04 Å². The monoisotopic (exact) mass is 217 g/mol. The lowest BCUT2D eigenvalue weighted by Gasteiger charge is -2.26. The fourth-order valence-electron chi connectivity index (χ4n) is 2.50. The maximum absolute atomic E-state index is 6.16. The highest BCUT2D eigenvalue weighted by molar-refractivity contribution is 5.36. The van der Waals surface area contributed by atoms with Gasteiger partial charge in [-0.15, -0.1) is 10.2 Å². The second-order valence-electron chi connectivity index (χ2n) is 4.42. The second kappa shape index (κ2) is 3.83. The molecule has 2 unspecified atom stereocenters. The van der Waals surface area contributed by atoms with Crippen LogP contribution in [0, 0.1) is 0 Å². The van der Waals surface area contributed by atoms with E-state index in [1.165, 1.54) is 12.8 Å². The minimum atomic E-state index is 0.210. The molecule has 1 saturated carbocycles. The van der Waals surface area contributed by atoms with Crippen molar-refractivity contribution in [3.63, 3.8) is 0 Å². The Labute approximate surface area is 93.7 Å². The van der Waals surface area contributed by atoms with Crippen LogP contribution in [0.25, 0.3) is 5.65 Å². The van der Waals surface area contributed by atoms with Gasteiger partial charge in [-0.25, -0.2) is 4.98 Å². The molecule has 0 radical (unpaired) electrons. The fraction of sp³-hybridized carbons (Fsp3) is 0.545. The predicted molar refractivity (Wildman–Crippen MR) is 60.0 cm³/mol. The molecule has 16 heavy (non-hydrogen) atoms. The zero-order valence-electron chi connectivity index (χ0n) is 9.08. The molecule has 5 nitrogen and oxygen atoms in total. The number of nitrogens with zero attached hydrogens (tertiary/aromatic N) is 4. The molecule has 1 aliphatic rings. The van der Waals surface area contributed by atoms with Crippen molar-refractivity contribution in [2.75, 3.05) is 0 Å². The van der Waals surface area contributed by atoms with Crippen molar-refractivity contribution < 1.29 is 0 Å². The highest BCUT2D eigenvalue weighted by Gasteiger charge is 2.27. The summed E-state index contributed by atoms with van der Waals surface area (Å²) in [4.78, 5) is 4.11. The lowest BCUT2D eigenvalue weighted by atomic mass is 9.84. The van der Waals surface area contributed by atoms with Crippen molar-refractivity contribution >= 4 is 5.65 Å². The zero-order valence-corrected chi connectivity index (χ0v) is 9.08. The van der Waals surface area contributed by atoms with Crippen LogP contribution in [0.4, 0.5) is 0 Å². The van der Waals surface area contributed by atoms with Crippen LogP contribution in [-0.2, 0) is 0 Å². The highest BCUT2D eigenvalue weighted by atomic mass is 15.3. The molecule has 2 atom stereocenters. The molecule has 0 saturated heterocycles. The van der Waals surface area contributed by atoms with E-state index in [9.17, 15) is 0 Å². The molecular formula is C11H15N5. The summed E-state index contributed by atoms with van der Waals surface area (Å²) in [5.74, 6) is 1.29. The van der Waals surface area contributed by atoms with Gasteiger partial charge in [-0.3, -0.25) is 4.40 Å². The van der Waals surface area contributed by atoms with E-state index in [1.807, 2.05) is 10.5 Å². The van der Waals surface area contributed by atoms with Crippen molar-refractivity contribution in [3.8, 4) is 0 Å². The molecule has 0 bridgehead atoms. The first-order valence-corrected chi connectivity index (χ1v) is 5.76. The third-order valence-corrected chi connectivity index (χ3v) is 3.39. The first-order chi connectivity index (χ1) is 7.86. The average molecular weight is 217 g/mol. The standard InChI is InChI=1S/C11H15N5/c12-9-4-2-1-3-8(9)11-15-14-10-5-6-13-7-16(10)11/h5-9H,1-4,12H2. The third kappa shape index (κ3) is 1.48. The molecule has 2 aromatic heterocycles. The molecule has 1 aliphatic carbocycles. The molecule has 2 N–H and O–H groups in total. The van der Waals surface area contributed by atoms with Crippen LogP contribution < -0.4 is 5.73 Å². The van der Waals surface area contributed by atoms with Gasteiger partial charge in [-0.2, -0.15) is 0 Å². The van der Waals surface area contributed by atoms with Gasteiger partial charge in [0, 0.05) is 24.2 Å². The van der Waals surface area contributed by atoms with Crippen molar-refractivity contribution in [1.29, 1.82) is 0 Å². The van der Waals surface area contributed by atoms with Gasteiger partial charge in [0.25, 0.3) is 0 Å². The minimum Gasteiger partial charge on any atom is -0.327 e. The van der Waals surface area contributed by atoms with Crippen LogP contribution in [-0.4, -0.2) is 25.6 Å². The molecule has 2 heterocycles. The largest absolute Gasteiger partial charge is 0.327 e. The Balaban J connectivity index is 2.04. The lowest BCUT2D eigenvalue weighted by molar-refractivity contribution is 0.371. The summed E-state index contributed by atoms with van der Waals surface area (Å²) < 4.78 is 1.95. The van der Waals surface area contributed by atoms with Crippen LogP contribution >= 0.6 is 0 Å². The number of nitrogens with two attached hydrogens (primary N) is 1. The summed E-state index contributed by atoms with van der Waals surface area (Å²) in [6.07, 6.45) is 8.15. The smallest absolute Gasteiger partial charge is 0.163 e. The number of hydrogen-bond donors (Lipinski definition) is 1. The number of rotatable bonds is 1. The van der Waals surface area contributed by atoms with E-state index in [0.29, 0.717) is 5.92 Å². The van der Waals surface area contributed by atoms with Crippen molar-refractivity contribution in [1.82, 2.24) is 19.6 Å². The Bertz CT molecular complexity index is 492. The summed E-state index contributed by atoms with van der Waals surface area (Å²) in [6, 6.07) is 2.08. The Morgan fingerprint density at radius 2 is 2.12 bits per heavy atom. The van der Waals surface area contributed by atoms with E-state index in [0.717, 1.165) is 24.3 Å². The molecule has 1 fully saturated rings. The fourth-order valence-corrected chi connectivity index (χ4v) is 2.50. The van der Waals surface area contributed by atoms with Crippen LogP contribution in [0.2, 0.25) is 0 Å². The van der Waals surface area contributed by atoms with Crippen LogP contribution in [0.1, 0.15) is 37.4 Å². The van der Waals surface area contributed by atoms with Gasteiger partial charge in [0.2, 0.25) is 0 Å². The Kier molecular flexibility index (Phi) is 2.32. The van der Waals surface area contributed by atoms with Gasteiger partial charge >= 0.3 is 0 Å². The maximum Gasteiger partial charge on any atom is 0.163 e. The summed E-state index contributed by atoms with van der Waals surface area (Å²) in [5.41, 5.74) is 7.01. The molecule has 3 rings (SSSR count). The van der Waals surface area contributed by atoms with Gasteiger partial charge in [-0.05, 0) is 12.8 Å². The maximum atomic E-state index is 6.16. The van der Waals surface area contributed by atoms with Crippen molar-refractivity contribution in [2.24, 2.45) is 5.73 Å². The van der Waals surface area contributed by atoms with Crippen LogP contribution in [0.3, 0.4) is 0 Å². The summed E-state index contributed by atoms with van der Waals surface area (Å²) in [5, 5.41) is 8.41. The topological polar surface area (TPSA) is 69.1 Å². The first-order valence-electron chi connectivity index (χ1n) is 5.76. The molecular weight excluding hydrogens is 202 g/mol. The number of fused-ring (bicyclic) bond motifs is 1. The average Bonchev–Trinajstić information content (AvgIpc) is 2.74. The SMILES string of the molecule is NC1CCCCC1c1nnc2ccncn12. The highest BCUT2D eigenvalue weighted by Crippen LogP contribution is 2.30. The summed E-state index contributed by atoms with van der Waals surface area (Å²) in [7, 11) is 0. The van der Waals surface area contributed by atoms with Gasteiger partial charge in [0.05, 0.1) is 0 Å². The predicted octanol–water partition coefficient (Wildman–Crippen LogP) is 1.11. The Morgan fingerprint density at radius 3 is 3.00 bits per heavy atom. The van der Waals surface area contributed by atoms with Gasteiger partial charge < -0.3 is 5.73 Å². The minimum absolute atomic E-state index is 0.210. The molecule has 0 amide bonds. The van der Waals surface area contributed by atoms with Crippen LogP contribution in [0.5, 0.6) is 0 Å². The molecule has 0 spiro atoms. The third-order valence-electron chi connectivity index (χ3n) is 3.39.